The molecule has 1 saturated carbocycles. The number of pyridine rings is 3. The molecule has 1 saturated heterocycles. The molecule has 244 valence electrons. The molecule has 8 N–H and O–H groups in total. The summed E-state index contributed by atoms with van der Waals surface area (Å²) in [5.41, 5.74) is 12.8. The van der Waals surface area contributed by atoms with Crippen LogP contribution < -0.4 is 32.6 Å². The number of hydrogen-bond acceptors (Lipinski definition) is 9. The van der Waals surface area contributed by atoms with Gasteiger partial charge in [0.1, 0.15) is 12.0 Å². The van der Waals surface area contributed by atoms with Crippen LogP contribution in [0.15, 0.2) is 59.8 Å². The van der Waals surface area contributed by atoms with Gasteiger partial charge in [0.2, 0.25) is 0 Å². The number of hydrogen-bond donors (Lipinski definition) is 4. The van der Waals surface area contributed by atoms with Gasteiger partial charge in [-0.3, -0.25) is 30.3 Å². The van der Waals surface area contributed by atoms with Gasteiger partial charge >= 0.3 is 0 Å². The van der Waals surface area contributed by atoms with Gasteiger partial charge in [-0.1, -0.05) is 0 Å². The molecule has 1 amide bonds. The minimum Gasteiger partial charge on any atom is -0.412 e. The van der Waals surface area contributed by atoms with Crippen molar-refractivity contribution in [2.24, 2.45) is 11.6 Å². The lowest BCUT2D eigenvalue weighted by molar-refractivity contribution is -0.118. The summed E-state index contributed by atoms with van der Waals surface area (Å²) in [6.07, 6.45) is 8.38. The van der Waals surface area contributed by atoms with E-state index in [1.165, 1.54) is 12.1 Å². The number of hydrazine groups is 1. The molecular formula is C33H42FN9O3. The first-order chi connectivity index (χ1) is 21.7. The smallest absolute Gasteiger partial charge is 0.257 e. The molecule has 6 rings (SSSR count). The van der Waals surface area contributed by atoms with Crippen molar-refractivity contribution < 1.29 is 14.7 Å². The summed E-state index contributed by atoms with van der Waals surface area (Å²) in [6, 6.07) is 11.4. The molecule has 13 heteroatoms. The Kier molecular flexibility index (Phi) is 10.1. The van der Waals surface area contributed by atoms with Crippen molar-refractivity contribution in [3.05, 3.63) is 93.5 Å². The molecule has 2 atom stereocenters. The van der Waals surface area contributed by atoms with Crippen LogP contribution in [0.25, 0.3) is 10.9 Å². The van der Waals surface area contributed by atoms with Crippen LogP contribution in [0.1, 0.15) is 54.2 Å². The van der Waals surface area contributed by atoms with Crippen molar-refractivity contribution >= 4 is 28.2 Å². The molecule has 4 heterocycles. The Morgan fingerprint density at radius 2 is 1.91 bits per heavy atom. The maximum atomic E-state index is 15.3. The molecular weight excluding hydrogens is 589 g/mol. The first kappa shape index (κ1) is 33.1. The van der Waals surface area contributed by atoms with Crippen LogP contribution in [-0.4, -0.2) is 56.1 Å². The summed E-state index contributed by atoms with van der Waals surface area (Å²) in [6.45, 7) is 6.75. The van der Waals surface area contributed by atoms with Crippen molar-refractivity contribution in [1.29, 1.82) is 0 Å². The molecule has 4 aromatic rings. The summed E-state index contributed by atoms with van der Waals surface area (Å²) in [5, 5.41) is 2.77. The number of anilines is 2. The third-order valence-corrected chi connectivity index (χ3v) is 8.75. The molecule has 1 aliphatic carbocycles. The van der Waals surface area contributed by atoms with Crippen LogP contribution in [0.3, 0.4) is 0 Å². The molecule has 0 spiro atoms. The van der Waals surface area contributed by atoms with E-state index in [4.69, 9.17) is 11.6 Å². The Balaban J connectivity index is 0.00000417. The summed E-state index contributed by atoms with van der Waals surface area (Å²) < 4.78 is 17.4. The third kappa shape index (κ3) is 7.24. The number of fused-ring (bicyclic) bond motifs is 1. The van der Waals surface area contributed by atoms with Gasteiger partial charge in [-0.15, -0.1) is 0 Å². The standard InChI is InChI=1S/C33H40FN9O2.H2O/c1-20-5-6-25(15-38-20)41-11-3-4-26(19-41)42(16-22-9-10-37-21(2)12-22)17-23-18-43(24-7-8-24)30-14-29(39-33(45)32(35)40-36)28(34)13-27(30)31(23)44;/h5-6,9-10,12-15,18,24,26,32,40H,3-4,7-8,11,16-17,19,35-36H2,1-2H3,(H,39,45);1H2/t26-,32?;/m0./s1. The first-order valence-corrected chi connectivity index (χ1v) is 15.4. The predicted octanol–water partition coefficient (Wildman–Crippen LogP) is 2.42. The van der Waals surface area contributed by atoms with Crippen molar-refractivity contribution in [3.63, 3.8) is 0 Å². The Morgan fingerprint density at radius 3 is 2.61 bits per heavy atom. The van der Waals surface area contributed by atoms with Crippen molar-refractivity contribution in [2.75, 3.05) is 23.3 Å². The number of aromatic nitrogens is 3. The molecule has 0 radical (unpaired) electrons. The third-order valence-electron chi connectivity index (χ3n) is 8.75. The number of carbonyl (C=O) groups is 1. The normalized spacial score (nSPS) is 17.2. The Labute approximate surface area is 266 Å². The highest BCUT2D eigenvalue weighted by Gasteiger charge is 2.30. The Hall–Kier alpha value is -4.27. The molecule has 2 aliphatic rings. The average Bonchev–Trinajstić information content (AvgIpc) is 3.88. The fourth-order valence-electron chi connectivity index (χ4n) is 6.18. The molecule has 12 nitrogen and oxygen atoms in total. The fraction of sp³-hybridized carbons (Fsp3) is 0.394. The second kappa shape index (κ2) is 14.0. The van der Waals surface area contributed by atoms with E-state index in [-0.39, 0.29) is 34.1 Å². The van der Waals surface area contributed by atoms with Gasteiger partial charge in [-0.2, -0.15) is 0 Å². The summed E-state index contributed by atoms with van der Waals surface area (Å²) in [7, 11) is 0. The van der Waals surface area contributed by atoms with E-state index in [9.17, 15) is 9.59 Å². The lowest BCUT2D eigenvalue weighted by Crippen LogP contribution is -2.50. The highest BCUT2D eigenvalue weighted by atomic mass is 19.1. The Morgan fingerprint density at radius 1 is 1.11 bits per heavy atom. The quantitative estimate of drug-likeness (QED) is 0.116. The highest BCUT2D eigenvalue weighted by molar-refractivity contribution is 5.96. The van der Waals surface area contributed by atoms with Crippen LogP contribution in [-0.2, 0) is 17.9 Å². The maximum Gasteiger partial charge on any atom is 0.257 e. The van der Waals surface area contributed by atoms with Crippen molar-refractivity contribution in [1.82, 2.24) is 24.9 Å². The van der Waals surface area contributed by atoms with E-state index in [1.807, 2.05) is 44.6 Å². The van der Waals surface area contributed by atoms with Crippen molar-refractivity contribution in [3.8, 4) is 0 Å². The summed E-state index contributed by atoms with van der Waals surface area (Å²) in [4.78, 5) is 40.0. The van der Waals surface area contributed by atoms with E-state index in [0.29, 0.717) is 24.2 Å². The lowest BCUT2D eigenvalue weighted by Gasteiger charge is -2.40. The van der Waals surface area contributed by atoms with E-state index < -0.39 is 17.9 Å². The van der Waals surface area contributed by atoms with Crippen LogP contribution >= 0.6 is 0 Å². The topological polar surface area (TPSA) is 179 Å². The number of rotatable bonds is 10. The first-order valence-electron chi connectivity index (χ1n) is 15.4. The number of carbonyl (C=O) groups excluding carboxylic acids is 1. The second-order valence-corrected chi connectivity index (χ2v) is 12.2. The number of benzene rings is 1. The number of piperidine rings is 1. The maximum absolute atomic E-state index is 15.3. The Bertz CT molecular complexity index is 1760. The minimum absolute atomic E-state index is 0. The molecule has 3 aromatic heterocycles. The zero-order chi connectivity index (χ0) is 31.7. The number of nitrogens with one attached hydrogen (secondary N) is 2. The minimum atomic E-state index is -1.21. The SMILES string of the molecule is Cc1ccc(N2CCC[C@H](N(Cc3ccnc(C)c3)Cc3cn(C4CC4)c4cc(NC(=O)C(N)NN)c(F)cc4c3=O)C2)cn1.O. The number of nitrogens with zero attached hydrogens (tertiary/aromatic N) is 5. The van der Waals surface area contributed by atoms with Gasteiger partial charge in [0.05, 0.1) is 23.1 Å². The molecule has 46 heavy (non-hydrogen) atoms. The molecule has 1 aliphatic heterocycles. The van der Waals surface area contributed by atoms with Crippen molar-refractivity contribution in [2.45, 2.75) is 70.9 Å². The molecule has 2 fully saturated rings. The number of halogens is 1. The zero-order valence-electron chi connectivity index (χ0n) is 26.2. The molecule has 1 aromatic carbocycles. The van der Waals surface area contributed by atoms with E-state index in [2.05, 4.69) is 47.2 Å². The molecule has 1 unspecified atom stereocenters. The predicted molar refractivity (Wildman–Crippen MR) is 176 cm³/mol. The van der Waals surface area contributed by atoms with Crippen LogP contribution in [0.5, 0.6) is 0 Å². The second-order valence-electron chi connectivity index (χ2n) is 12.2. The van der Waals surface area contributed by atoms with E-state index in [1.54, 1.807) is 0 Å². The number of aryl methyl sites for hydroxylation is 2. The average molecular weight is 632 g/mol. The number of nitrogens with two attached hydrogens (primary N) is 2. The monoisotopic (exact) mass is 631 g/mol. The van der Waals surface area contributed by atoms with Gasteiger partial charge in [-0.25, -0.2) is 9.82 Å². The van der Waals surface area contributed by atoms with Gasteiger partial charge < -0.3 is 26.0 Å². The van der Waals surface area contributed by atoms with Crippen LogP contribution in [0.4, 0.5) is 15.8 Å². The highest BCUT2D eigenvalue weighted by Crippen LogP contribution is 2.38. The molecule has 0 bridgehead atoms. The zero-order valence-corrected chi connectivity index (χ0v) is 26.2. The van der Waals surface area contributed by atoms with Crippen LogP contribution in [0.2, 0.25) is 0 Å². The van der Waals surface area contributed by atoms with Gasteiger partial charge in [0, 0.05) is 73.0 Å². The number of amides is 1. The fourth-order valence-corrected chi connectivity index (χ4v) is 6.18. The largest absolute Gasteiger partial charge is 0.412 e. The van der Waals surface area contributed by atoms with Gasteiger partial charge in [-0.05, 0) is 81.5 Å². The summed E-state index contributed by atoms with van der Waals surface area (Å²) in [5.74, 6) is 3.87. The van der Waals surface area contributed by atoms with Crippen LogP contribution in [0, 0.1) is 19.7 Å². The van der Waals surface area contributed by atoms with E-state index >= 15 is 4.39 Å². The van der Waals surface area contributed by atoms with E-state index in [0.717, 1.165) is 61.4 Å². The summed E-state index contributed by atoms with van der Waals surface area (Å²) >= 11 is 0. The van der Waals surface area contributed by atoms with Gasteiger partial charge in [0.25, 0.3) is 5.91 Å². The lowest BCUT2D eigenvalue weighted by atomic mass is 10.0. The van der Waals surface area contributed by atoms with Gasteiger partial charge in [0.15, 0.2) is 5.43 Å².